The van der Waals surface area contributed by atoms with Gasteiger partial charge in [-0.3, -0.25) is 4.79 Å². The topological polar surface area (TPSA) is 26.3 Å². The van der Waals surface area contributed by atoms with Crippen molar-refractivity contribution in [2.24, 2.45) is 0 Å². The number of ether oxygens (including phenoxy) is 1. The molecule has 2 heteroatoms. The summed E-state index contributed by atoms with van der Waals surface area (Å²) in [5, 5.41) is 0. The quantitative estimate of drug-likeness (QED) is 0.0354. The number of esters is 1. The van der Waals surface area contributed by atoms with Gasteiger partial charge in [0, 0.05) is 6.42 Å². The Labute approximate surface area is 329 Å². The van der Waals surface area contributed by atoms with E-state index in [4.69, 9.17) is 4.74 Å². The van der Waals surface area contributed by atoms with Crippen molar-refractivity contribution in [2.75, 3.05) is 6.61 Å². The first kappa shape index (κ1) is 51.0. The third-order valence-electron chi connectivity index (χ3n) is 11.1. The van der Waals surface area contributed by atoms with E-state index >= 15 is 0 Å². The van der Waals surface area contributed by atoms with Gasteiger partial charge in [-0.25, -0.2) is 0 Å². The molecule has 52 heavy (non-hydrogen) atoms. The largest absolute Gasteiger partial charge is 0.466 e. The Bertz CT molecular complexity index is 709. The van der Waals surface area contributed by atoms with Gasteiger partial charge in [0.25, 0.3) is 0 Å². The number of hydrogen-bond acceptors (Lipinski definition) is 2. The average molecular weight is 729 g/mol. The molecule has 0 aromatic heterocycles. The molecule has 2 nitrogen and oxygen atoms in total. The third kappa shape index (κ3) is 47.0. The van der Waals surface area contributed by atoms with Gasteiger partial charge in [-0.2, -0.15) is 0 Å². The number of carbonyl (C=O) groups excluding carboxylic acids is 1. The summed E-state index contributed by atoms with van der Waals surface area (Å²) in [5.41, 5.74) is 0. The molecule has 0 fully saturated rings. The summed E-state index contributed by atoms with van der Waals surface area (Å²) < 4.78 is 5.47. The SMILES string of the molecule is CCCCC/C=C\C/C=C/CCCCCCCCOC(=O)CCCCCCCCCCCCCCCCCCCCCCCCCCCCCCC. The fourth-order valence-corrected chi connectivity index (χ4v) is 7.46. The van der Waals surface area contributed by atoms with E-state index in [2.05, 4.69) is 38.2 Å². The van der Waals surface area contributed by atoms with Gasteiger partial charge in [-0.05, 0) is 44.9 Å². The second-order valence-electron chi connectivity index (χ2n) is 16.5. The second-order valence-corrected chi connectivity index (χ2v) is 16.5. The standard InChI is InChI=1S/C50H96O2/c1-3-5-7-9-11-13-15-17-19-21-22-23-24-25-26-27-28-29-30-31-32-33-34-36-38-40-42-44-46-48-50(51)52-49-47-45-43-41-39-37-35-20-18-16-14-12-10-8-6-4-2/h12,14,18,20H,3-11,13,15-17,19,21-49H2,1-2H3/b14-12-,20-18+. The summed E-state index contributed by atoms with van der Waals surface area (Å²) in [7, 11) is 0. The lowest BCUT2D eigenvalue weighted by Gasteiger charge is -2.06. The zero-order valence-corrected chi connectivity index (χ0v) is 36.0. The van der Waals surface area contributed by atoms with Crippen LogP contribution < -0.4 is 0 Å². The van der Waals surface area contributed by atoms with Crippen LogP contribution in [0.25, 0.3) is 0 Å². The molecule has 0 aliphatic heterocycles. The number of unbranched alkanes of at least 4 members (excludes halogenated alkanes) is 37. The molecule has 0 aromatic carbocycles. The molecule has 0 amide bonds. The van der Waals surface area contributed by atoms with Crippen molar-refractivity contribution < 1.29 is 9.53 Å². The van der Waals surface area contributed by atoms with Gasteiger partial charge >= 0.3 is 5.97 Å². The maximum atomic E-state index is 12.0. The summed E-state index contributed by atoms with van der Waals surface area (Å²) in [5.74, 6) is 0.0209. The van der Waals surface area contributed by atoms with Crippen molar-refractivity contribution in [3.8, 4) is 0 Å². The van der Waals surface area contributed by atoms with Crippen LogP contribution in [0.5, 0.6) is 0 Å². The van der Waals surface area contributed by atoms with E-state index in [0.29, 0.717) is 13.0 Å². The number of hydrogen-bond donors (Lipinski definition) is 0. The minimum atomic E-state index is 0.0209. The van der Waals surface area contributed by atoms with E-state index in [0.717, 1.165) is 19.3 Å². The van der Waals surface area contributed by atoms with Crippen molar-refractivity contribution in [3.05, 3.63) is 24.3 Å². The molecule has 308 valence electrons. The highest BCUT2D eigenvalue weighted by atomic mass is 16.5. The lowest BCUT2D eigenvalue weighted by molar-refractivity contribution is -0.143. The lowest BCUT2D eigenvalue weighted by Crippen LogP contribution is -2.05. The molecule has 0 saturated carbocycles. The predicted molar refractivity (Wildman–Crippen MR) is 235 cm³/mol. The minimum absolute atomic E-state index is 0.0209. The molecule has 0 heterocycles. The van der Waals surface area contributed by atoms with Crippen molar-refractivity contribution in [1.29, 1.82) is 0 Å². The zero-order chi connectivity index (χ0) is 37.5. The molecular weight excluding hydrogens is 633 g/mol. The molecule has 0 rings (SSSR count). The molecule has 0 N–H and O–H groups in total. The molecule has 0 aromatic rings. The van der Waals surface area contributed by atoms with Gasteiger partial charge in [0.1, 0.15) is 0 Å². The molecule has 0 aliphatic rings. The molecule has 0 bridgehead atoms. The lowest BCUT2D eigenvalue weighted by atomic mass is 10.0. The number of allylic oxidation sites excluding steroid dienone is 4. The zero-order valence-electron chi connectivity index (χ0n) is 36.0. The fraction of sp³-hybridized carbons (Fsp3) is 0.900. The number of carbonyl (C=O) groups is 1. The van der Waals surface area contributed by atoms with Crippen LogP contribution in [0.3, 0.4) is 0 Å². The Morgan fingerprint density at radius 1 is 0.327 bits per heavy atom. The molecule has 0 aliphatic carbocycles. The van der Waals surface area contributed by atoms with Crippen LogP contribution in [-0.4, -0.2) is 12.6 Å². The van der Waals surface area contributed by atoms with Crippen LogP contribution in [0.4, 0.5) is 0 Å². The summed E-state index contributed by atoms with van der Waals surface area (Å²) in [4.78, 5) is 12.0. The molecule has 0 unspecified atom stereocenters. The van der Waals surface area contributed by atoms with Crippen LogP contribution in [-0.2, 0) is 9.53 Å². The van der Waals surface area contributed by atoms with E-state index in [1.54, 1.807) is 0 Å². The highest BCUT2D eigenvalue weighted by Gasteiger charge is 2.03. The van der Waals surface area contributed by atoms with Gasteiger partial charge in [0.2, 0.25) is 0 Å². The van der Waals surface area contributed by atoms with E-state index in [1.165, 1.54) is 244 Å². The highest BCUT2D eigenvalue weighted by Crippen LogP contribution is 2.17. The number of rotatable bonds is 45. The van der Waals surface area contributed by atoms with E-state index in [9.17, 15) is 4.79 Å². The van der Waals surface area contributed by atoms with Crippen molar-refractivity contribution in [1.82, 2.24) is 0 Å². The summed E-state index contributed by atoms with van der Waals surface area (Å²) in [6.07, 6.45) is 66.0. The molecule has 0 atom stereocenters. The molecular formula is C50H96O2. The highest BCUT2D eigenvalue weighted by molar-refractivity contribution is 5.69. The summed E-state index contributed by atoms with van der Waals surface area (Å²) in [6, 6.07) is 0. The maximum Gasteiger partial charge on any atom is 0.305 e. The van der Waals surface area contributed by atoms with Crippen LogP contribution in [0.1, 0.15) is 284 Å². The van der Waals surface area contributed by atoms with Crippen molar-refractivity contribution >= 4 is 5.97 Å². The van der Waals surface area contributed by atoms with Gasteiger partial charge in [0.05, 0.1) is 6.61 Å². The Morgan fingerprint density at radius 3 is 0.962 bits per heavy atom. The van der Waals surface area contributed by atoms with E-state index in [-0.39, 0.29) is 5.97 Å². The first-order chi connectivity index (χ1) is 25.8. The smallest absolute Gasteiger partial charge is 0.305 e. The van der Waals surface area contributed by atoms with E-state index in [1.807, 2.05) is 0 Å². The fourth-order valence-electron chi connectivity index (χ4n) is 7.46. The monoisotopic (exact) mass is 729 g/mol. The van der Waals surface area contributed by atoms with Crippen LogP contribution >= 0.6 is 0 Å². The summed E-state index contributed by atoms with van der Waals surface area (Å²) >= 11 is 0. The average Bonchev–Trinajstić information content (AvgIpc) is 3.15. The van der Waals surface area contributed by atoms with Crippen molar-refractivity contribution in [3.63, 3.8) is 0 Å². The van der Waals surface area contributed by atoms with E-state index < -0.39 is 0 Å². The molecule has 0 radical (unpaired) electrons. The van der Waals surface area contributed by atoms with Crippen LogP contribution in [0.2, 0.25) is 0 Å². The van der Waals surface area contributed by atoms with Crippen LogP contribution in [0, 0.1) is 0 Å². The summed E-state index contributed by atoms with van der Waals surface area (Å²) in [6.45, 7) is 5.18. The van der Waals surface area contributed by atoms with Crippen molar-refractivity contribution in [2.45, 2.75) is 284 Å². The molecule has 0 saturated heterocycles. The second kappa shape index (κ2) is 48.0. The Kier molecular flexibility index (Phi) is 47.0. The van der Waals surface area contributed by atoms with Gasteiger partial charge in [-0.1, -0.05) is 256 Å². The third-order valence-corrected chi connectivity index (χ3v) is 11.1. The maximum absolute atomic E-state index is 12.0. The minimum Gasteiger partial charge on any atom is -0.466 e. The van der Waals surface area contributed by atoms with Gasteiger partial charge in [-0.15, -0.1) is 0 Å². The van der Waals surface area contributed by atoms with Gasteiger partial charge < -0.3 is 4.74 Å². The van der Waals surface area contributed by atoms with Crippen LogP contribution in [0.15, 0.2) is 24.3 Å². The predicted octanol–water partition coefficient (Wildman–Crippen LogP) is 18.1. The first-order valence-electron chi connectivity index (χ1n) is 24.3. The Hall–Kier alpha value is -1.05. The Morgan fingerprint density at radius 2 is 0.596 bits per heavy atom. The normalized spacial score (nSPS) is 11.8. The molecule has 0 spiro atoms. The first-order valence-corrected chi connectivity index (χ1v) is 24.3. The Balaban J connectivity index is 3.17. The van der Waals surface area contributed by atoms with Gasteiger partial charge in [0.15, 0.2) is 0 Å².